The topological polar surface area (TPSA) is 12.0 Å². The largest absolute Gasteiger partial charge is 0.366 e. The van der Waals surface area contributed by atoms with Gasteiger partial charge in [0.25, 0.3) is 0 Å². The van der Waals surface area contributed by atoms with E-state index in [1.807, 2.05) is 6.20 Å². The van der Waals surface area contributed by atoms with Crippen LogP contribution in [0.15, 0.2) is 24.0 Å². The standard InChI is InChI=1S/C9H15N/c1-2-3-8-10-9-6-4-5-7-9/h3,6,8,10H,2,4-5,7H2,1H3. The van der Waals surface area contributed by atoms with Crippen molar-refractivity contribution in [3.63, 3.8) is 0 Å². The van der Waals surface area contributed by atoms with E-state index >= 15 is 0 Å². The summed E-state index contributed by atoms with van der Waals surface area (Å²) < 4.78 is 0. The Morgan fingerprint density at radius 1 is 1.70 bits per heavy atom. The first kappa shape index (κ1) is 7.39. The highest BCUT2D eigenvalue weighted by molar-refractivity contribution is 5.07. The predicted octanol–water partition coefficient (Wildman–Crippen LogP) is 2.57. The van der Waals surface area contributed by atoms with Crippen molar-refractivity contribution in [2.24, 2.45) is 0 Å². The molecule has 0 aromatic carbocycles. The van der Waals surface area contributed by atoms with Gasteiger partial charge in [0.05, 0.1) is 0 Å². The van der Waals surface area contributed by atoms with Crippen LogP contribution in [0.2, 0.25) is 0 Å². The van der Waals surface area contributed by atoms with E-state index in [-0.39, 0.29) is 0 Å². The maximum Gasteiger partial charge on any atom is 0.0106 e. The summed E-state index contributed by atoms with van der Waals surface area (Å²) in [5.41, 5.74) is 1.39. The summed E-state index contributed by atoms with van der Waals surface area (Å²) in [7, 11) is 0. The molecule has 1 aliphatic carbocycles. The lowest BCUT2D eigenvalue weighted by Gasteiger charge is -1.98. The van der Waals surface area contributed by atoms with E-state index in [1.54, 1.807) is 0 Å². The van der Waals surface area contributed by atoms with Gasteiger partial charge in [-0.05, 0) is 31.9 Å². The highest BCUT2D eigenvalue weighted by atomic mass is 14.8. The summed E-state index contributed by atoms with van der Waals surface area (Å²) in [6, 6.07) is 0. The molecule has 0 saturated heterocycles. The summed E-state index contributed by atoms with van der Waals surface area (Å²) >= 11 is 0. The molecule has 0 bridgehead atoms. The van der Waals surface area contributed by atoms with Crippen LogP contribution in [0.1, 0.15) is 32.6 Å². The highest BCUT2D eigenvalue weighted by Gasteiger charge is 2.00. The first-order valence-corrected chi connectivity index (χ1v) is 4.04. The van der Waals surface area contributed by atoms with Crippen molar-refractivity contribution in [1.82, 2.24) is 5.32 Å². The number of nitrogens with one attached hydrogen (secondary N) is 1. The van der Waals surface area contributed by atoms with Crippen LogP contribution >= 0.6 is 0 Å². The second-order valence-electron chi connectivity index (χ2n) is 2.58. The van der Waals surface area contributed by atoms with Crippen molar-refractivity contribution < 1.29 is 0 Å². The second kappa shape index (κ2) is 4.15. The minimum atomic E-state index is 1.11. The molecule has 0 fully saturated rings. The molecule has 1 heteroatoms. The van der Waals surface area contributed by atoms with Crippen LogP contribution in [-0.4, -0.2) is 0 Å². The van der Waals surface area contributed by atoms with Crippen LogP contribution in [0.4, 0.5) is 0 Å². The van der Waals surface area contributed by atoms with Crippen LogP contribution in [0.25, 0.3) is 0 Å². The second-order valence-corrected chi connectivity index (χ2v) is 2.58. The Kier molecular flexibility index (Phi) is 3.07. The SMILES string of the molecule is CCC=CNC1=CCCC1. The molecule has 0 atom stereocenters. The lowest BCUT2D eigenvalue weighted by atomic mass is 10.3. The number of hydrogen-bond acceptors (Lipinski definition) is 1. The first-order valence-electron chi connectivity index (χ1n) is 4.04. The van der Waals surface area contributed by atoms with Crippen molar-refractivity contribution in [3.05, 3.63) is 24.0 Å². The molecule has 0 saturated carbocycles. The molecular weight excluding hydrogens is 122 g/mol. The molecule has 1 rings (SSSR count). The van der Waals surface area contributed by atoms with Crippen LogP contribution in [0, 0.1) is 0 Å². The zero-order valence-electron chi connectivity index (χ0n) is 6.56. The summed E-state index contributed by atoms with van der Waals surface area (Å²) in [6.45, 7) is 2.14. The van der Waals surface area contributed by atoms with E-state index in [0.29, 0.717) is 0 Å². The minimum Gasteiger partial charge on any atom is -0.366 e. The van der Waals surface area contributed by atoms with Crippen molar-refractivity contribution in [3.8, 4) is 0 Å². The molecular formula is C9H15N. The number of hydrogen-bond donors (Lipinski definition) is 1. The van der Waals surface area contributed by atoms with Gasteiger partial charge < -0.3 is 5.32 Å². The molecule has 0 aromatic heterocycles. The molecule has 1 nitrogen and oxygen atoms in total. The molecule has 0 amide bonds. The van der Waals surface area contributed by atoms with E-state index in [0.717, 1.165) is 6.42 Å². The third kappa shape index (κ3) is 2.26. The van der Waals surface area contributed by atoms with Gasteiger partial charge >= 0.3 is 0 Å². The maximum absolute atomic E-state index is 3.26. The summed E-state index contributed by atoms with van der Waals surface area (Å²) in [5.74, 6) is 0. The molecule has 0 aromatic rings. The first-order chi connectivity index (χ1) is 4.93. The van der Waals surface area contributed by atoms with Gasteiger partial charge in [0.2, 0.25) is 0 Å². The lowest BCUT2D eigenvalue weighted by Crippen LogP contribution is -2.00. The van der Waals surface area contributed by atoms with E-state index in [2.05, 4.69) is 24.4 Å². The average Bonchev–Trinajstić information content (AvgIpc) is 2.41. The van der Waals surface area contributed by atoms with E-state index in [4.69, 9.17) is 0 Å². The van der Waals surface area contributed by atoms with Gasteiger partial charge in [0.15, 0.2) is 0 Å². The Morgan fingerprint density at radius 3 is 3.20 bits per heavy atom. The average molecular weight is 137 g/mol. The normalized spacial score (nSPS) is 17.9. The number of rotatable bonds is 3. The summed E-state index contributed by atoms with van der Waals surface area (Å²) in [6.07, 6.45) is 11.4. The van der Waals surface area contributed by atoms with Gasteiger partial charge in [-0.15, -0.1) is 0 Å². The Hall–Kier alpha value is -0.720. The zero-order chi connectivity index (χ0) is 7.23. The molecule has 1 aliphatic rings. The Balaban J connectivity index is 2.18. The predicted molar refractivity (Wildman–Crippen MR) is 44.5 cm³/mol. The van der Waals surface area contributed by atoms with Gasteiger partial charge in [0, 0.05) is 5.70 Å². The molecule has 10 heavy (non-hydrogen) atoms. The molecule has 0 spiro atoms. The maximum atomic E-state index is 3.26. The lowest BCUT2D eigenvalue weighted by molar-refractivity contribution is 0.864. The Labute approximate surface area is 62.8 Å². The highest BCUT2D eigenvalue weighted by Crippen LogP contribution is 2.14. The van der Waals surface area contributed by atoms with Crippen molar-refractivity contribution in [2.45, 2.75) is 32.6 Å². The molecule has 56 valence electrons. The van der Waals surface area contributed by atoms with Crippen LogP contribution < -0.4 is 5.32 Å². The molecule has 0 heterocycles. The van der Waals surface area contributed by atoms with Crippen molar-refractivity contribution in [1.29, 1.82) is 0 Å². The fraction of sp³-hybridized carbons (Fsp3) is 0.556. The van der Waals surface area contributed by atoms with E-state index in [9.17, 15) is 0 Å². The summed E-state index contributed by atoms with van der Waals surface area (Å²) in [4.78, 5) is 0. The van der Waals surface area contributed by atoms with Crippen LogP contribution in [-0.2, 0) is 0 Å². The van der Waals surface area contributed by atoms with Crippen molar-refractivity contribution >= 4 is 0 Å². The van der Waals surface area contributed by atoms with E-state index in [1.165, 1.54) is 25.0 Å². The molecule has 1 N–H and O–H groups in total. The monoisotopic (exact) mass is 137 g/mol. The smallest absolute Gasteiger partial charge is 0.0106 e. The Bertz CT molecular complexity index is 145. The van der Waals surface area contributed by atoms with Gasteiger partial charge in [-0.25, -0.2) is 0 Å². The third-order valence-corrected chi connectivity index (χ3v) is 1.66. The van der Waals surface area contributed by atoms with E-state index < -0.39 is 0 Å². The Morgan fingerprint density at radius 2 is 2.60 bits per heavy atom. The number of allylic oxidation sites excluding steroid dienone is 3. The fourth-order valence-electron chi connectivity index (χ4n) is 1.09. The zero-order valence-corrected chi connectivity index (χ0v) is 6.56. The summed E-state index contributed by atoms with van der Waals surface area (Å²) in [5, 5.41) is 3.26. The van der Waals surface area contributed by atoms with Gasteiger partial charge in [-0.2, -0.15) is 0 Å². The van der Waals surface area contributed by atoms with Crippen molar-refractivity contribution in [2.75, 3.05) is 0 Å². The van der Waals surface area contributed by atoms with Crippen LogP contribution in [0.5, 0.6) is 0 Å². The van der Waals surface area contributed by atoms with Gasteiger partial charge in [-0.1, -0.05) is 19.1 Å². The molecule has 0 radical (unpaired) electrons. The third-order valence-electron chi connectivity index (χ3n) is 1.66. The van der Waals surface area contributed by atoms with Gasteiger partial charge in [-0.3, -0.25) is 0 Å². The fourth-order valence-corrected chi connectivity index (χ4v) is 1.09. The van der Waals surface area contributed by atoms with Gasteiger partial charge in [0.1, 0.15) is 0 Å². The molecule has 0 unspecified atom stereocenters. The minimum absolute atomic E-state index is 1.11. The molecule has 0 aliphatic heterocycles. The quantitative estimate of drug-likeness (QED) is 0.630. The van der Waals surface area contributed by atoms with Crippen LogP contribution in [0.3, 0.4) is 0 Å².